The first kappa shape index (κ1) is 21.0. The van der Waals surface area contributed by atoms with E-state index >= 15 is 0 Å². The van der Waals surface area contributed by atoms with Crippen LogP contribution in [0.2, 0.25) is 0 Å². The molecule has 0 radical (unpaired) electrons. The average Bonchev–Trinajstić information content (AvgIpc) is 3.08. The number of carbonyl (C=O) groups is 1. The molecule has 29 heavy (non-hydrogen) atoms. The summed E-state index contributed by atoms with van der Waals surface area (Å²) in [6.07, 6.45) is 1.52. The van der Waals surface area contributed by atoms with Gasteiger partial charge in [-0.2, -0.15) is 0 Å². The smallest absolute Gasteiger partial charge is 0.271 e. The van der Waals surface area contributed by atoms with Crippen molar-refractivity contribution >= 4 is 16.8 Å². The number of H-pyrrole nitrogens is 1. The lowest BCUT2D eigenvalue weighted by atomic mass is 9.97. The molecule has 6 heteroatoms. The summed E-state index contributed by atoms with van der Waals surface area (Å²) in [5.41, 5.74) is 15.2. The molecule has 1 unspecified atom stereocenters. The van der Waals surface area contributed by atoms with E-state index in [2.05, 4.69) is 4.98 Å². The Morgan fingerprint density at radius 2 is 1.93 bits per heavy atom. The van der Waals surface area contributed by atoms with Crippen LogP contribution in [0.4, 0.5) is 4.39 Å². The number of nitrogens with zero attached hydrogens (tertiary/aromatic N) is 1. The third-order valence-corrected chi connectivity index (χ3v) is 5.18. The number of hydrogen-bond acceptors (Lipinski definition) is 3. The van der Waals surface area contributed by atoms with E-state index in [0.717, 1.165) is 34.9 Å². The summed E-state index contributed by atoms with van der Waals surface area (Å²) in [6.45, 7) is 5.13. The van der Waals surface area contributed by atoms with Crippen molar-refractivity contribution in [1.82, 2.24) is 9.88 Å². The minimum atomic E-state index is -0.307. The van der Waals surface area contributed by atoms with Gasteiger partial charge in [0.2, 0.25) is 0 Å². The number of benzene rings is 2. The second-order valence-electron chi connectivity index (χ2n) is 7.06. The molecule has 5 nitrogen and oxygen atoms in total. The van der Waals surface area contributed by atoms with Crippen LogP contribution in [0.25, 0.3) is 22.0 Å². The van der Waals surface area contributed by atoms with Crippen molar-refractivity contribution in [2.75, 3.05) is 13.1 Å². The zero-order valence-electron chi connectivity index (χ0n) is 17.0. The molecule has 1 aliphatic heterocycles. The molecule has 3 aromatic rings. The summed E-state index contributed by atoms with van der Waals surface area (Å²) in [5, 5.41) is 0.919. The fourth-order valence-electron chi connectivity index (χ4n) is 3.86. The molecule has 0 aliphatic carbocycles. The molecule has 1 atom stereocenters. The van der Waals surface area contributed by atoms with Crippen molar-refractivity contribution < 1.29 is 9.18 Å². The van der Waals surface area contributed by atoms with E-state index < -0.39 is 0 Å². The monoisotopic (exact) mass is 396 g/mol. The number of nitrogens with one attached hydrogen (secondary N) is 1. The van der Waals surface area contributed by atoms with Crippen LogP contribution in [-0.4, -0.2) is 34.9 Å². The molecule has 0 saturated carbocycles. The molecule has 1 aromatic heterocycles. The van der Waals surface area contributed by atoms with Crippen molar-refractivity contribution in [3.05, 3.63) is 59.5 Å². The molecule has 0 spiro atoms. The van der Waals surface area contributed by atoms with Gasteiger partial charge in [0, 0.05) is 41.2 Å². The molecule has 5 N–H and O–H groups in total. The molecule has 1 amide bonds. The van der Waals surface area contributed by atoms with Gasteiger partial charge in [-0.15, -0.1) is 0 Å². The zero-order chi connectivity index (χ0) is 21.0. The first-order valence-corrected chi connectivity index (χ1v) is 10.2. The number of amides is 1. The fraction of sp³-hybridized carbons (Fsp3) is 0.348. The van der Waals surface area contributed by atoms with Gasteiger partial charge in [-0.1, -0.05) is 44.2 Å². The van der Waals surface area contributed by atoms with Gasteiger partial charge in [0.15, 0.2) is 0 Å². The number of nitrogens with two attached hydrogens (primary N) is 2. The van der Waals surface area contributed by atoms with E-state index in [-0.39, 0.29) is 24.3 Å². The van der Waals surface area contributed by atoms with Crippen LogP contribution in [0.15, 0.2) is 42.5 Å². The SMILES string of the molecule is CC.NCCCC(N)CN1Cc2c(F)cccc2-c2c([nH]c3ccccc23)C1=O. The first-order valence-electron chi connectivity index (χ1n) is 10.2. The molecular weight excluding hydrogens is 367 g/mol. The number of hydrogen-bond donors (Lipinski definition) is 3. The molecule has 2 aromatic carbocycles. The maximum absolute atomic E-state index is 14.7. The van der Waals surface area contributed by atoms with Crippen LogP contribution in [0.5, 0.6) is 0 Å². The highest BCUT2D eigenvalue weighted by atomic mass is 19.1. The Kier molecular flexibility index (Phi) is 6.67. The molecule has 0 bridgehead atoms. The molecule has 2 heterocycles. The van der Waals surface area contributed by atoms with Crippen molar-refractivity contribution in [1.29, 1.82) is 0 Å². The van der Waals surface area contributed by atoms with Crippen molar-refractivity contribution in [3.8, 4) is 11.1 Å². The van der Waals surface area contributed by atoms with Gasteiger partial charge in [-0.25, -0.2) is 4.39 Å². The predicted octanol–water partition coefficient (Wildman–Crippen LogP) is 4.02. The predicted molar refractivity (Wildman–Crippen MR) is 116 cm³/mol. The Bertz CT molecular complexity index is 998. The fourth-order valence-corrected chi connectivity index (χ4v) is 3.86. The first-order chi connectivity index (χ1) is 14.1. The Labute approximate surface area is 170 Å². The van der Waals surface area contributed by atoms with Gasteiger partial charge >= 0.3 is 0 Å². The van der Waals surface area contributed by atoms with Crippen LogP contribution in [0.3, 0.4) is 0 Å². The van der Waals surface area contributed by atoms with Crippen LogP contribution < -0.4 is 11.5 Å². The van der Waals surface area contributed by atoms with Gasteiger partial charge in [-0.05, 0) is 37.1 Å². The van der Waals surface area contributed by atoms with Gasteiger partial charge in [0.25, 0.3) is 5.91 Å². The second-order valence-corrected chi connectivity index (χ2v) is 7.06. The van der Waals surface area contributed by atoms with E-state index in [1.54, 1.807) is 11.0 Å². The van der Waals surface area contributed by atoms with Crippen LogP contribution in [-0.2, 0) is 6.54 Å². The maximum Gasteiger partial charge on any atom is 0.271 e. The summed E-state index contributed by atoms with van der Waals surface area (Å²) in [4.78, 5) is 18.2. The quantitative estimate of drug-likeness (QED) is 0.608. The standard InChI is InChI=1S/C21H23FN4O.C2H6/c22-17-8-3-7-14-16(17)12-26(11-13(24)5-4-10-23)21(27)20-19(14)15-6-1-2-9-18(15)25-20;1-2/h1-3,6-9,13,25H,4-5,10-12,23-24H2;1-2H3. The van der Waals surface area contributed by atoms with E-state index in [0.29, 0.717) is 24.3 Å². The van der Waals surface area contributed by atoms with Gasteiger partial charge in [-0.3, -0.25) is 4.79 Å². The van der Waals surface area contributed by atoms with E-state index in [1.807, 2.05) is 44.2 Å². The van der Waals surface area contributed by atoms with E-state index in [9.17, 15) is 9.18 Å². The largest absolute Gasteiger partial charge is 0.350 e. The lowest BCUT2D eigenvalue weighted by Gasteiger charge is -2.25. The number of aromatic nitrogens is 1. The van der Waals surface area contributed by atoms with Crippen LogP contribution >= 0.6 is 0 Å². The summed E-state index contributed by atoms with van der Waals surface area (Å²) in [7, 11) is 0. The summed E-state index contributed by atoms with van der Waals surface area (Å²) in [5.74, 6) is -0.459. The van der Waals surface area contributed by atoms with Crippen molar-refractivity contribution in [2.45, 2.75) is 39.3 Å². The van der Waals surface area contributed by atoms with Crippen molar-refractivity contribution in [2.24, 2.45) is 11.5 Å². The second kappa shape index (κ2) is 9.20. The maximum atomic E-state index is 14.7. The Balaban J connectivity index is 0.00000117. The highest BCUT2D eigenvalue weighted by Crippen LogP contribution is 2.38. The lowest BCUT2D eigenvalue weighted by molar-refractivity contribution is 0.0728. The van der Waals surface area contributed by atoms with Crippen molar-refractivity contribution in [3.63, 3.8) is 0 Å². The Morgan fingerprint density at radius 3 is 2.69 bits per heavy atom. The highest BCUT2D eigenvalue weighted by Gasteiger charge is 2.31. The molecule has 1 aliphatic rings. The van der Waals surface area contributed by atoms with E-state index in [4.69, 9.17) is 11.5 Å². The van der Waals surface area contributed by atoms with Gasteiger partial charge < -0.3 is 21.4 Å². The Morgan fingerprint density at radius 1 is 1.17 bits per heavy atom. The number of halogens is 1. The lowest BCUT2D eigenvalue weighted by Crippen LogP contribution is -2.40. The molecule has 4 rings (SSSR count). The number of aromatic amines is 1. The number of carbonyl (C=O) groups excluding carboxylic acids is 1. The summed E-state index contributed by atoms with van der Waals surface area (Å²) < 4.78 is 14.7. The van der Waals surface area contributed by atoms with Crippen LogP contribution in [0.1, 0.15) is 42.7 Å². The Hall–Kier alpha value is -2.70. The van der Waals surface area contributed by atoms with Gasteiger partial charge in [0.05, 0.1) is 0 Å². The minimum Gasteiger partial charge on any atom is -0.350 e. The number of fused-ring (bicyclic) bond motifs is 5. The zero-order valence-corrected chi connectivity index (χ0v) is 17.0. The summed E-state index contributed by atoms with van der Waals surface area (Å²) >= 11 is 0. The highest BCUT2D eigenvalue weighted by molar-refractivity contribution is 6.11. The number of rotatable bonds is 5. The third-order valence-electron chi connectivity index (χ3n) is 5.18. The molecular formula is C23H29FN4O. The summed E-state index contributed by atoms with van der Waals surface area (Å²) in [6, 6.07) is 12.5. The van der Waals surface area contributed by atoms with Crippen LogP contribution in [0, 0.1) is 5.82 Å². The number of para-hydroxylation sites is 1. The van der Waals surface area contributed by atoms with Gasteiger partial charge in [0.1, 0.15) is 11.5 Å². The van der Waals surface area contributed by atoms with E-state index in [1.165, 1.54) is 6.07 Å². The molecule has 154 valence electrons. The molecule has 0 fully saturated rings. The topological polar surface area (TPSA) is 88.1 Å². The minimum absolute atomic E-state index is 0.153. The third kappa shape index (κ3) is 4.04. The average molecular weight is 397 g/mol. The molecule has 0 saturated heterocycles. The normalized spacial score (nSPS) is 14.0.